The Balaban J connectivity index is 1.75. The molecule has 2 aliphatic heterocycles. The molecule has 1 amide bonds. The summed E-state index contributed by atoms with van der Waals surface area (Å²) in [5, 5.41) is 3.40. The van der Waals surface area contributed by atoms with E-state index in [0.29, 0.717) is 12.8 Å². The Morgan fingerprint density at radius 2 is 2.23 bits per heavy atom. The lowest BCUT2D eigenvalue weighted by Gasteiger charge is -2.37. The Morgan fingerprint density at radius 1 is 1.32 bits per heavy atom. The Hall–Kier alpha value is -2.30. The predicted molar refractivity (Wildman–Crippen MR) is 79.8 cm³/mol. The van der Waals surface area contributed by atoms with E-state index < -0.39 is 0 Å². The van der Waals surface area contributed by atoms with Crippen LogP contribution < -0.4 is 5.32 Å². The summed E-state index contributed by atoms with van der Waals surface area (Å²) in [7, 11) is 0. The van der Waals surface area contributed by atoms with Crippen molar-refractivity contribution < 1.29 is 13.6 Å². The molecule has 22 heavy (non-hydrogen) atoms. The minimum atomic E-state index is -0.270. The van der Waals surface area contributed by atoms with Crippen LogP contribution in [0.5, 0.6) is 0 Å². The van der Waals surface area contributed by atoms with Crippen LogP contribution in [0.1, 0.15) is 42.7 Å². The topological polar surface area (TPSA) is 45.5 Å². The monoisotopic (exact) mass is 300 g/mol. The fourth-order valence-electron chi connectivity index (χ4n) is 3.51. The molecule has 1 N–H and O–H groups in total. The van der Waals surface area contributed by atoms with Gasteiger partial charge in [-0.2, -0.15) is 0 Å². The molecule has 114 valence electrons. The molecule has 0 unspecified atom stereocenters. The molecule has 4 nitrogen and oxygen atoms in total. The number of amides is 1. The number of rotatable bonds is 2. The van der Waals surface area contributed by atoms with E-state index in [1.54, 1.807) is 12.3 Å². The van der Waals surface area contributed by atoms with Gasteiger partial charge in [0.25, 0.3) is 0 Å². The standard InChI is InChI=1S/C17H17FN2O2/c18-11-5-6-13-12(9-11)15(20-7-1-4-17(20)21)10-14(19-13)16-3-2-8-22-16/h2-3,5-6,8-9,14-15,19H,1,4,7,10H2/t14-,15-/m0/s1. The lowest BCUT2D eigenvalue weighted by Crippen LogP contribution is -2.35. The van der Waals surface area contributed by atoms with Crippen LogP contribution in [-0.4, -0.2) is 17.4 Å². The molecule has 3 heterocycles. The normalized spacial score (nSPS) is 24.2. The number of carbonyl (C=O) groups is 1. The largest absolute Gasteiger partial charge is 0.467 e. The van der Waals surface area contributed by atoms with E-state index in [2.05, 4.69) is 5.32 Å². The lowest BCUT2D eigenvalue weighted by atomic mass is 9.90. The average Bonchev–Trinajstić information content (AvgIpc) is 3.18. The molecule has 0 bridgehead atoms. The average molecular weight is 300 g/mol. The lowest BCUT2D eigenvalue weighted by molar-refractivity contribution is -0.130. The molecule has 0 aliphatic carbocycles. The van der Waals surface area contributed by atoms with E-state index in [4.69, 9.17) is 4.42 Å². The van der Waals surface area contributed by atoms with Gasteiger partial charge in [0.2, 0.25) is 5.91 Å². The second kappa shape index (κ2) is 5.16. The van der Waals surface area contributed by atoms with Crippen LogP contribution in [0.4, 0.5) is 10.1 Å². The number of anilines is 1. The van der Waals surface area contributed by atoms with Gasteiger partial charge in [0.05, 0.1) is 18.3 Å². The van der Waals surface area contributed by atoms with Crippen LogP contribution >= 0.6 is 0 Å². The molecule has 2 aliphatic rings. The molecule has 1 aromatic carbocycles. The van der Waals surface area contributed by atoms with E-state index in [-0.39, 0.29) is 23.8 Å². The first-order valence-corrected chi connectivity index (χ1v) is 7.61. The fourth-order valence-corrected chi connectivity index (χ4v) is 3.51. The van der Waals surface area contributed by atoms with Crippen molar-refractivity contribution in [1.29, 1.82) is 0 Å². The van der Waals surface area contributed by atoms with Crippen molar-refractivity contribution in [2.24, 2.45) is 0 Å². The van der Waals surface area contributed by atoms with E-state index in [0.717, 1.165) is 30.0 Å². The highest BCUT2D eigenvalue weighted by Gasteiger charge is 2.36. The first kappa shape index (κ1) is 13.4. The highest BCUT2D eigenvalue weighted by molar-refractivity contribution is 5.79. The number of nitrogens with one attached hydrogen (secondary N) is 1. The van der Waals surface area contributed by atoms with Gasteiger partial charge in [0.15, 0.2) is 0 Å². The fraction of sp³-hybridized carbons (Fsp3) is 0.353. The molecule has 1 saturated heterocycles. The molecule has 5 heteroatoms. The van der Waals surface area contributed by atoms with Crippen LogP contribution in [0.25, 0.3) is 0 Å². The second-order valence-electron chi connectivity index (χ2n) is 5.89. The maximum Gasteiger partial charge on any atom is 0.223 e. The Labute approximate surface area is 127 Å². The predicted octanol–water partition coefficient (Wildman–Crippen LogP) is 3.64. The summed E-state index contributed by atoms with van der Waals surface area (Å²) in [6.45, 7) is 0.740. The zero-order valence-corrected chi connectivity index (χ0v) is 12.1. The Kier molecular flexibility index (Phi) is 3.13. The summed E-state index contributed by atoms with van der Waals surface area (Å²) < 4.78 is 19.2. The molecule has 1 fully saturated rings. The summed E-state index contributed by atoms with van der Waals surface area (Å²) in [5.41, 5.74) is 1.73. The molecular formula is C17H17FN2O2. The van der Waals surface area contributed by atoms with Gasteiger partial charge in [-0.05, 0) is 43.2 Å². The summed E-state index contributed by atoms with van der Waals surface area (Å²) in [6.07, 6.45) is 3.79. The molecule has 2 atom stereocenters. The van der Waals surface area contributed by atoms with Gasteiger partial charge in [-0.3, -0.25) is 4.79 Å². The highest BCUT2D eigenvalue weighted by atomic mass is 19.1. The van der Waals surface area contributed by atoms with Crippen molar-refractivity contribution in [1.82, 2.24) is 4.90 Å². The SMILES string of the molecule is O=C1CCCN1[C@H]1C[C@@H](c2ccco2)Nc2ccc(F)cc21. The van der Waals surface area contributed by atoms with Gasteiger partial charge in [0, 0.05) is 24.2 Å². The number of carbonyl (C=O) groups excluding carboxylic acids is 1. The minimum absolute atomic E-state index is 0.00800. The summed E-state index contributed by atoms with van der Waals surface area (Å²) in [4.78, 5) is 14.0. The van der Waals surface area contributed by atoms with E-state index in [1.165, 1.54) is 12.1 Å². The molecule has 0 radical (unpaired) electrons. The third-order valence-electron chi connectivity index (χ3n) is 4.53. The smallest absolute Gasteiger partial charge is 0.223 e. The van der Waals surface area contributed by atoms with Crippen molar-refractivity contribution in [3.8, 4) is 0 Å². The van der Waals surface area contributed by atoms with E-state index in [1.807, 2.05) is 17.0 Å². The molecule has 1 aromatic heterocycles. The number of fused-ring (bicyclic) bond motifs is 1. The summed E-state index contributed by atoms with van der Waals surface area (Å²) in [6, 6.07) is 8.40. The number of benzene rings is 1. The number of likely N-dealkylation sites (tertiary alicyclic amines) is 1. The molecule has 0 spiro atoms. The zero-order valence-electron chi connectivity index (χ0n) is 12.1. The van der Waals surface area contributed by atoms with Crippen molar-refractivity contribution in [2.45, 2.75) is 31.3 Å². The quantitative estimate of drug-likeness (QED) is 0.921. The van der Waals surface area contributed by atoms with E-state index in [9.17, 15) is 9.18 Å². The van der Waals surface area contributed by atoms with Crippen LogP contribution in [0.2, 0.25) is 0 Å². The third-order valence-corrected chi connectivity index (χ3v) is 4.53. The minimum Gasteiger partial charge on any atom is -0.467 e. The van der Waals surface area contributed by atoms with Gasteiger partial charge in [-0.15, -0.1) is 0 Å². The Bertz CT molecular complexity index is 699. The molecule has 4 rings (SSSR count). The number of furan rings is 1. The third kappa shape index (κ3) is 2.17. The number of halogens is 1. The highest BCUT2D eigenvalue weighted by Crippen LogP contribution is 2.43. The van der Waals surface area contributed by atoms with Gasteiger partial charge in [-0.25, -0.2) is 4.39 Å². The molecule has 0 saturated carbocycles. The van der Waals surface area contributed by atoms with E-state index >= 15 is 0 Å². The Morgan fingerprint density at radius 3 is 2.95 bits per heavy atom. The van der Waals surface area contributed by atoms with Crippen molar-refractivity contribution in [3.63, 3.8) is 0 Å². The number of hydrogen-bond acceptors (Lipinski definition) is 3. The van der Waals surface area contributed by atoms with Gasteiger partial charge in [0.1, 0.15) is 11.6 Å². The van der Waals surface area contributed by atoms with Crippen molar-refractivity contribution in [3.05, 3.63) is 53.7 Å². The van der Waals surface area contributed by atoms with Crippen LogP contribution in [0, 0.1) is 5.82 Å². The second-order valence-corrected chi connectivity index (χ2v) is 5.89. The summed E-state index contributed by atoms with van der Waals surface area (Å²) in [5.74, 6) is 0.723. The first-order chi connectivity index (χ1) is 10.7. The van der Waals surface area contributed by atoms with Gasteiger partial charge >= 0.3 is 0 Å². The zero-order chi connectivity index (χ0) is 15.1. The van der Waals surface area contributed by atoms with Crippen LogP contribution in [0.15, 0.2) is 41.0 Å². The van der Waals surface area contributed by atoms with Crippen molar-refractivity contribution in [2.75, 3.05) is 11.9 Å². The number of nitrogens with zero attached hydrogens (tertiary/aromatic N) is 1. The summed E-state index contributed by atoms with van der Waals surface area (Å²) >= 11 is 0. The first-order valence-electron chi connectivity index (χ1n) is 7.61. The molecule has 2 aromatic rings. The molecular weight excluding hydrogens is 283 g/mol. The van der Waals surface area contributed by atoms with Crippen molar-refractivity contribution >= 4 is 11.6 Å². The van der Waals surface area contributed by atoms with Gasteiger partial charge in [-0.1, -0.05) is 0 Å². The van der Waals surface area contributed by atoms with Gasteiger partial charge < -0.3 is 14.6 Å². The number of hydrogen-bond donors (Lipinski definition) is 1. The maximum atomic E-state index is 13.7. The maximum absolute atomic E-state index is 13.7. The van der Waals surface area contributed by atoms with Crippen LogP contribution in [0.3, 0.4) is 0 Å². The van der Waals surface area contributed by atoms with Crippen LogP contribution in [-0.2, 0) is 4.79 Å².